The number of phenolic OH excluding ortho intramolecular Hbond substituents is 1. The fraction of sp³-hybridized carbons (Fsp3) is 0.417. The molecule has 1 amide bonds. The molecule has 1 atom stereocenters. The van der Waals surface area contributed by atoms with Crippen molar-refractivity contribution in [1.82, 2.24) is 0 Å². The van der Waals surface area contributed by atoms with E-state index in [1.165, 1.54) is 17.0 Å². The molecule has 1 N–H and O–H groups in total. The first-order valence-electron chi connectivity index (χ1n) is 5.78. The van der Waals surface area contributed by atoms with E-state index >= 15 is 0 Å². The second-order valence-electron chi connectivity index (χ2n) is 4.75. The lowest BCUT2D eigenvalue weighted by atomic mass is 10.1. The number of hydrogen-bond acceptors (Lipinski definition) is 4. The van der Waals surface area contributed by atoms with Gasteiger partial charge in [0.2, 0.25) is 5.91 Å². The molecule has 1 heterocycles. The minimum absolute atomic E-state index is 0.00174. The summed E-state index contributed by atoms with van der Waals surface area (Å²) >= 11 is 0. The van der Waals surface area contributed by atoms with Gasteiger partial charge in [0.1, 0.15) is 5.75 Å². The van der Waals surface area contributed by atoms with Gasteiger partial charge in [-0.1, -0.05) is 6.07 Å². The molecule has 5 nitrogen and oxygen atoms in total. The summed E-state index contributed by atoms with van der Waals surface area (Å²) in [5.74, 6) is -1.44. The lowest BCUT2D eigenvalue weighted by Crippen LogP contribution is -2.26. The smallest absolute Gasteiger partial charge is 0.302 e. The number of anilines is 1. The van der Waals surface area contributed by atoms with Crippen LogP contribution in [-0.4, -0.2) is 31.7 Å². The van der Waals surface area contributed by atoms with Crippen LogP contribution in [0.25, 0.3) is 0 Å². The molecular weight excluding hydrogens is 273 g/mol. The number of carbonyl (C=O) groups is 1. The molecule has 0 bridgehead atoms. The van der Waals surface area contributed by atoms with Gasteiger partial charge < -0.3 is 10.0 Å². The van der Waals surface area contributed by atoms with Crippen LogP contribution in [0.4, 0.5) is 9.57 Å². The summed E-state index contributed by atoms with van der Waals surface area (Å²) in [6.45, 7) is 1.92. The molecule has 1 aliphatic heterocycles. The molecule has 1 aromatic rings. The summed E-state index contributed by atoms with van der Waals surface area (Å²) in [6, 6.07) is 4.61. The Kier molecular flexibility index (Phi) is 3.49. The van der Waals surface area contributed by atoms with Gasteiger partial charge in [-0.15, -0.1) is 3.89 Å². The number of halogens is 1. The van der Waals surface area contributed by atoms with Crippen molar-refractivity contribution in [2.45, 2.75) is 13.3 Å². The number of aromatic hydroxyl groups is 1. The predicted molar refractivity (Wildman–Crippen MR) is 68.2 cm³/mol. The van der Waals surface area contributed by atoms with Crippen molar-refractivity contribution < 1.29 is 22.2 Å². The SMILES string of the molecule is Cc1ccc(O)cc1N1CC(CS(=O)(=O)F)CC1=O. The van der Waals surface area contributed by atoms with Crippen LogP contribution in [0.3, 0.4) is 0 Å². The second kappa shape index (κ2) is 4.80. The highest BCUT2D eigenvalue weighted by Gasteiger charge is 2.34. The third kappa shape index (κ3) is 3.23. The number of aryl methyl sites for hydroxylation is 1. The molecule has 104 valence electrons. The first-order chi connectivity index (χ1) is 8.76. The van der Waals surface area contributed by atoms with Crippen LogP contribution >= 0.6 is 0 Å². The minimum atomic E-state index is -4.58. The number of amides is 1. The number of carbonyl (C=O) groups excluding carboxylic acids is 1. The van der Waals surface area contributed by atoms with Gasteiger partial charge in [0.05, 0.1) is 11.4 Å². The molecule has 1 unspecified atom stereocenters. The van der Waals surface area contributed by atoms with E-state index in [4.69, 9.17) is 0 Å². The van der Waals surface area contributed by atoms with Crippen molar-refractivity contribution in [3.8, 4) is 5.75 Å². The van der Waals surface area contributed by atoms with Crippen LogP contribution in [0, 0.1) is 12.8 Å². The second-order valence-corrected chi connectivity index (χ2v) is 6.16. The Morgan fingerprint density at radius 1 is 1.47 bits per heavy atom. The van der Waals surface area contributed by atoms with Crippen molar-refractivity contribution in [1.29, 1.82) is 0 Å². The van der Waals surface area contributed by atoms with Crippen molar-refractivity contribution >= 4 is 21.8 Å². The molecule has 1 fully saturated rings. The monoisotopic (exact) mass is 287 g/mol. The largest absolute Gasteiger partial charge is 0.508 e. The van der Waals surface area contributed by atoms with Gasteiger partial charge in [-0.25, -0.2) is 0 Å². The van der Waals surface area contributed by atoms with Crippen LogP contribution in [0.15, 0.2) is 18.2 Å². The summed E-state index contributed by atoms with van der Waals surface area (Å²) in [7, 11) is -4.58. The van der Waals surface area contributed by atoms with Gasteiger partial charge in [0.15, 0.2) is 0 Å². The van der Waals surface area contributed by atoms with Crippen LogP contribution in [0.1, 0.15) is 12.0 Å². The highest BCUT2D eigenvalue weighted by Crippen LogP contribution is 2.31. The fourth-order valence-corrected chi connectivity index (χ4v) is 3.08. The topological polar surface area (TPSA) is 74.7 Å². The standard InChI is InChI=1S/C12H14FNO4S/c1-8-2-3-10(15)5-11(8)14-6-9(4-12(14)16)7-19(13,17)18/h2-3,5,9,15H,4,6-7H2,1H3. The van der Waals surface area contributed by atoms with E-state index in [1.54, 1.807) is 13.0 Å². The van der Waals surface area contributed by atoms with E-state index < -0.39 is 21.9 Å². The lowest BCUT2D eigenvalue weighted by molar-refractivity contribution is -0.117. The average molecular weight is 287 g/mol. The Morgan fingerprint density at radius 3 is 2.79 bits per heavy atom. The Morgan fingerprint density at radius 2 is 2.16 bits per heavy atom. The molecule has 0 aliphatic carbocycles. The zero-order valence-corrected chi connectivity index (χ0v) is 11.2. The summed E-state index contributed by atoms with van der Waals surface area (Å²) < 4.78 is 33.9. The first kappa shape index (κ1) is 13.8. The van der Waals surface area contributed by atoms with Gasteiger partial charge in [-0.3, -0.25) is 4.79 Å². The van der Waals surface area contributed by atoms with E-state index in [0.29, 0.717) is 5.69 Å². The van der Waals surface area contributed by atoms with Crippen LogP contribution in [0.2, 0.25) is 0 Å². The number of nitrogens with zero attached hydrogens (tertiary/aromatic N) is 1. The van der Waals surface area contributed by atoms with Crippen LogP contribution < -0.4 is 4.90 Å². The van der Waals surface area contributed by atoms with Gasteiger partial charge in [-0.2, -0.15) is 8.42 Å². The molecule has 2 rings (SSSR count). The van der Waals surface area contributed by atoms with Crippen molar-refractivity contribution in [2.24, 2.45) is 5.92 Å². The first-order valence-corrected chi connectivity index (χ1v) is 7.34. The Hall–Kier alpha value is -1.63. The number of phenols is 1. The number of rotatable bonds is 3. The molecule has 7 heteroatoms. The molecule has 0 saturated carbocycles. The highest BCUT2D eigenvalue weighted by atomic mass is 32.3. The minimum Gasteiger partial charge on any atom is -0.508 e. The van der Waals surface area contributed by atoms with E-state index in [-0.39, 0.29) is 24.6 Å². The van der Waals surface area contributed by atoms with E-state index in [9.17, 15) is 22.2 Å². The van der Waals surface area contributed by atoms with Gasteiger partial charge in [0, 0.05) is 24.9 Å². The van der Waals surface area contributed by atoms with E-state index in [1.807, 2.05) is 0 Å². The molecule has 0 spiro atoms. The lowest BCUT2D eigenvalue weighted by Gasteiger charge is -2.19. The summed E-state index contributed by atoms with van der Waals surface area (Å²) in [5, 5.41) is 9.44. The molecule has 1 aromatic carbocycles. The third-order valence-corrected chi connectivity index (χ3v) is 3.99. The maximum Gasteiger partial charge on any atom is 0.302 e. The van der Waals surface area contributed by atoms with Crippen molar-refractivity contribution in [2.75, 3.05) is 17.2 Å². The number of hydrogen-bond donors (Lipinski definition) is 1. The van der Waals surface area contributed by atoms with Crippen molar-refractivity contribution in [3.05, 3.63) is 23.8 Å². The molecule has 0 radical (unpaired) electrons. The zero-order valence-electron chi connectivity index (χ0n) is 10.3. The Labute approximate surface area is 110 Å². The number of benzene rings is 1. The maximum atomic E-state index is 12.6. The predicted octanol–water partition coefficient (Wildman–Crippen LogP) is 1.35. The van der Waals surface area contributed by atoms with E-state index in [0.717, 1.165) is 5.56 Å². The normalized spacial score (nSPS) is 20.0. The van der Waals surface area contributed by atoms with Gasteiger partial charge >= 0.3 is 10.2 Å². The quantitative estimate of drug-likeness (QED) is 0.852. The Bertz CT molecular complexity index is 614. The van der Waals surface area contributed by atoms with E-state index in [2.05, 4.69) is 0 Å². The third-order valence-electron chi connectivity index (χ3n) is 3.12. The highest BCUT2D eigenvalue weighted by molar-refractivity contribution is 7.86. The summed E-state index contributed by atoms with van der Waals surface area (Å²) in [5.41, 5.74) is 1.32. The summed E-state index contributed by atoms with van der Waals surface area (Å²) in [4.78, 5) is 13.3. The van der Waals surface area contributed by atoms with Gasteiger partial charge in [0.25, 0.3) is 0 Å². The molecule has 19 heavy (non-hydrogen) atoms. The van der Waals surface area contributed by atoms with Crippen molar-refractivity contribution in [3.63, 3.8) is 0 Å². The molecule has 1 saturated heterocycles. The van der Waals surface area contributed by atoms with Gasteiger partial charge in [-0.05, 0) is 18.6 Å². The fourth-order valence-electron chi connectivity index (χ4n) is 2.30. The Balaban J connectivity index is 2.23. The maximum absolute atomic E-state index is 12.6. The van der Waals surface area contributed by atoms with Crippen LogP contribution in [0.5, 0.6) is 5.75 Å². The molecule has 0 aromatic heterocycles. The molecular formula is C12H14FNO4S. The average Bonchev–Trinajstić information content (AvgIpc) is 2.60. The molecule has 1 aliphatic rings. The summed E-state index contributed by atoms with van der Waals surface area (Å²) in [6.07, 6.45) is -0.00174. The zero-order chi connectivity index (χ0) is 14.2. The van der Waals surface area contributed by atoms with Crippen LogP contribution in [-0.2, 0) is 15.0 Å².